The van der Waals surface area contributed by atoms with Gasteiger partial charge in [-0.3, -0.25) is 4.79 Å². The summed E-state index contributed by atoms with van der Waals surface area (Å²) in [5.41, 5.74) is 0.695. The first-order valence-corrected chi connectivity index (χ1v) is 7.94. The van der Waals surface area contributed by atoms with Gasteiger partial charge in [-0.2, -0.15) is 0 Å². The first-order chi connectivity index (χ1) is 9.06. The van der Waals surface area contributed by atoms with Crippen molar-refractivity contribution in [1.82, 2.24) is 4.90 Å². The molecule has 1 unspecified atom stereocenters. The predicted molar refractivity (Wildman–Crippen MR) is 82.3 cm³/mol. The Kier molecular flexibility index (Phi) is 5.42. The van der Waals surface area contributed by atoms with Crippen molar-refractivity contribution in [3.05, 3.63) is 32.7 Å². The average Bonchev–Trinajstić information content (AvgIpc) is 2.37. The van der Waals surface area contributed by atoms with Crippen LogP contribution in [0.15, 0.2) is 27.1 Å². The Morgan fingerprint density at radius 3 is 2.63 bits per heavy atom. The molecule has 1 aromatic carbocycles. The quantitative estimate of drug-likeness (QED) is 0.787. The summed E-state index contributed by atoms with van der Waals surface area (Å²) in [5.74, 6) is 0.505. The summed E-state index contributed by atoms with van der Waals surface area (Å²) in [6, 6.07) is 5.62. The van der Waals surface area contributed by atoms with Gasteiger partial charge in [-0.1, -0.05) is 31.9 Å². The highest BCUT2D eigenvalue weighted by Gasteiger charge is 2.20. The van der Waals surface area contributed by atoms with Gasteiger partial charge in [-0.25, -0.2) is 0 Å². The number of rotatable bonds is 3. The van der Waals surface area contributed by atoms with Gasteiger partial charge >= 0.3 is 0 Å². The summed E-state index contributed by atoms with van der Waals surface area (Å²) in [4.78, 5) is 14.2. The van der Waals surface area contributed by atoms with Gasteiger partial charge in [0.15, 0.2) is 0 Å². The molecule has 104 valence electrons. The lowest BCUT2D eigenvalue weighted by Gasteiger charge is -2.27. The van der Waals surface area contributed by atoms with E-state index in [4.69, 9.17) is 4.74 Å². The molecule has 1 saturated heterocycles. The van der Waals surface area contributed by atoms with Gasteiger partial charge in [-0.05, 0) is 37.0 Å². The Hall–Kier alpha value is -0.390. The van der Waals surface area contributed by atoms with E-state index in [1.165, 1.54) is 0 Å². The van der Waals surface area contributed by atoms with Crippen molar-refractivity contribution in [2.45, 2.75) is 12.8 Å². The maximum absolute atomic E-state index is 12.4. The summed E-state index contributed by atoms with van der Waals surface area (Å²) in [6.07, 6.45) is 2.23. The highest BCUT2D eigenvalue weighted by Crippen LogP contribution is 2.22. The summed E-state index contributed by atoms with van der Waals surface area (Å²) in [7, 11) is 1.85. The van der Waals surface area contributed by atoms with Crippen molar-refractivity contribution in [2.24, 2.45) is 5.92 Å². The molecular weight excluding hydrogens is 374 g/mol. The predicted octanol–water partition coefficient (Wildman–Crippen LogP) is 3.71. The summed E-state index contributed by atoms with van der Waals surface area (Å²) >= 11 is 6.82. The molecule has 1 aliphatic rings. The fourth-order valence-corrected chi connectivity index (χ4v) is 3.61. The maximum atomic E-state index is 12.4. The van der Waals surface area contributed by atoms with Gasteiger partial charge in [0.1, 0.15) is 0 Å². The number of halogens is 2. The Labute approximate surface area is 130 Å². The summed E-state index contributed by atoms with van der Waals surface area (Å²) in [6.45, 7) is 2.37. The number of hydrogen-bond acceptors (Lipinski definition) is 2. The summed E-state index contributed by atoms with van der Waals surface area (Å²) < 4.78 is 7.26. The third-order valence-electron chi connectivity index (χ3n) is 3.24. The third-order valence-corrected chi connectivity index (χ3v) is 4.16. The fourth-order valence-electron chi connectivity index (χ4n) is 2.32. The van der Waals surface area contributed by atoms with Gasteiger partial charge in [-0.15, -0.1) is 0 Å². The van der Waals surface area contributed by atoms with Crippen molar-refractivity contribution < 1.29 is 9.53 Å². The number of carbonyl (C=O) groups is 1. The minimum atomic E-state index is 0.0487. The monoisotopic (exact) mass is 389 g/mol. The van der Waals surface area contributed by atoms with Crippen LogP contribution in [0, 0.1) is 5.92 Å². The zero-order valence-electron chi connectivity index (χ0n) is 10.9. The fraction of sp³-hybridized carbons (Fsp3) is 0.500. The van der Waals surface area contributed by atoms with E-state index >= 15 is 0 Å². The molecule has 0 aliphatic carbocycles. The largest absolute Gasteiger partial charge is 0.381 e. The van der Waals surface area contributed by atoms with E-state index in [1.807, 2.05) is 25.2 Å². The van der Waals surface area contributed by atoms with E-state index in [0.717, 1.165) is 41.5 Å². The third kappa shape index (κ3) is 4.29. The molecule has 0 saturated carbocycles. The second-order valence-corrected chi connectivity index (χ2v) is 6.76. The lowest BCUT2D eigenvalue weighted by atomic mass is 10.0. The minimum absolute atomic E-state index is 0.0487. The van der Waals surface area contributed by atoms with Gasteiger partial charge in [0.25, 0.3) is 5.91 Å². The van der Waals surface area contributed by atoms with Gasteiger partial charge < -0.3 is 9.64 Å². The molecule has 0 N–H and O–H groups in total. The Balaban J connectivity index is 2.01. The van der Waals surface area contributed by atoms with Gasteiger partial charge in [0.2, 0.25) is 0 Å². The topological polar surface area (TPSA) is 29.5 Å². The smallest absolute Gasteiger partial charge is 0.253 e. The number of carbonyl (C=O) groups excluding carboxylic acids is 1. The van der Waals surface area contributed by atoms with Crippen LogP contribution in [0.5, 0.6) is 0 Å². The van der Waals surface area contributed by atoms with Crippen LogP contribution in [-0.2, 0) is 4.74 Å². The summed E-state index contributed by atoms with van der Waals surface area (Å²) in [5, 5.41) is 0. The van der Waals surface area contributed by atoms with E-state index in [2.05, 4.69) is 31.9 Å². The molecule has 1 fully saturated rings. The molecule has 1 aromatic rings. The molecule has 0 bridgehead atoms. The first kappa shape index (κ1) is 15.0. The van der Waals surface area contributed by atoms with Crippen molar-refractivity contribution in [3.8, 4) is 0 Å². The molecule has 1 atom stereocenters. The van der Waals surface area contributed by atoms with Crippen LogP contribution in [0.1, 0.15) is 23.2 Å². The van der Waals surface area contributed by atoms with Crippen LogP contribution in [0.25, 0.3) is 0 Å². The number of ether oxygens (including phenoxy) is 1. The van der Waals surface area contributed by atoms with Gasteiger partial charge in [0.05, 0.1) is 6.61 Å². The van der Waals surface area contributed by atoms with E-state index in [1.54, 1.807) is 4.90 Å². The second kappa shape index (κ2) is 6.86. The number of benzene rings is 1. The number of hydrogen-bond donors (Lipinski definition) is 0. The van der Waals surface area contributed by atoms with Crippen molar-refractivity contribution in [2.75, 3.05) is 26.8 Å². The SMILES string of the molecule is CN(CC1CCCOC1)C(=O)c1cc(Br)cc(Br)c1. The Morgan fingerprint density at radius 2 is 2.05 bits per heavy atom. The second-order valence-electron chi connectivity index (χ2n) is 4.93. The molecule has 2 rings (SSSR count). The van der Waals surface area contributed by atoms with E-state index in [9.17, 15) is 4.79 Å². The zero-order chi connectivity index (χ0) is 13.8. The van der Waals surface area contributed by atoms with E-state index in [0.29, 0.717) is 11.5 Å². The molecule has 1 heterocycles. The zero-order valence-corrected chi connectivity index (χ0v) is 14.0. The van der Waals surface area contributed by atoms with E-state index in [-0.39, 0.29) is 5.91 Å². The van der Waals surface area contributed by atoms with Crippen LogP contribution in [0.4, 0.5) is 0 Å². The molecule has 0 radical (unpaired) electrons. The molecule has 5 heteroatoms. The molecule has 19 heavy (non-hydrogen) atoms. The normalized spacial score (nSPS) is 19.2. The molecule has 1 amide bonds. The van der Waals surface area contributed by atoms with Gasteiger partial charge in [0, 0.05) is 34.7 Å². The van der Waals surface area contributed by atoms with Crippen LogP contribution < -0.4 is 0 Å². The number of nitrogens with zero attached hydrogens (tertiary/aromatic N) is 1. The van der Waals surface area contributed by atoms with Crippen molar-refractivity contribution in [3.63, 3.8) is 0 Å². The van der Waals surface area contributed by atoms with Crippen molar-refractivity contribution in [1.29, 1.82) is 0 Å². The van der Waals surface area contributed by atoms with E-state index < -0.39 is 0 Å². The molecule has 0 aromatic heterocycles. The standard InChI is InChI=1S/C14H17Br2NO2/c1-17(8-10-3-2-4-19-9-10)14(18)11-5-12(15)7-13(16)6-11/h5-7,10H,2-4,8-9H2,1H3. The Morgan fingerprint density at radius 1 is 1.37 bits per heavy atom. The minimum Gasteiger partial charge on any atom is -0.381 e. The van der Waals surface area contributed by atoms with Crippen LogP contribution in [0.3, 0.4) is 0 Å². The highest BCUT2D eigenvalue weighted by molar-refractivity contribution is 9.11. The number of amides is 1. The van der Waals surface area contributed by atoms with Crippen LogP contribution in [-0.4, -0.2) is 37.6 Å². The first-order valence-electron chi connectivity index (χ1n) is 6.35. The molecule has 3 nitrogen and oxygen atoms in total. The molecular formula is C14H17Br2NO2. The van der Waals surface area contributed by atoms with Crippen LogP contribution in [0.2, 0.25) is 0 Å². The lowest BCUT2D eigenvalue weighted by Crippen LogP contribution is -2.35. The molecule has 0 spiro atoms. The Bertz CT molecular complexity index is 439. The maximum Gasteiger partial charge on any atom is 0.253 e. The molecule has 1 aliphatic heterocycles. The average molecular weight is 391 g/mol. The lowest BCUT2D eigenvalue weighted by molar-refractivity contribution is 0.0388. The highest BCUT2D eigenvalue weighted by atomic mass is 79.9. The van der Waals surface area contributed by atoms with Crippen LogP contribution >= 0.6 is 31.9 Å². The van der Waals surface area contributed by atoms with Crippen molar-refractivity contribution >= 4 is 37.8 Å².